The molecule has 196 valence electrons. The number of hydrogen-bond donors (Lipinski definition) is 2. The van der Waals surface area contributed by atoms with Crippen LogP contribution in [0.2, 0.25) is 5.02 Å². The van der Waals surface area contributed by atoms with Gasteiger partial charge in [0.15, 0.2) is 12.4 Å². The molecule has 0 aliphatic carbocycles. The molecule has 3 rings (SSSR count). The first-order valence-electron chi connectivity index (χ1n) is 12.3. The Labute approximate surface area is 226 Å². The second-order valence-corrected chi connectivity index (χ2v) is 8.88. The van der Waals surface area contributed by atoms with Gasteiger partial charge in [-0.3, -0.25) is 19.2 Å². The average molecular weight is 533 g/mol. The molecule has 0 atom stereocenters. The van der Waals surface area contributed by atoms with E-state index in [1.54, 1.807) is 54.6 Å². The standard InChI is InChI=1S/C30H29ClN2O5/c31-25-17-15-23(16-18-25)27(34)21-38-28(35)14-8-3-9-19-32-30(37)26(20-22-10-4-1-5-11-22)33-29(36)24-12-6-2-7-13-24/h1-2,4-7,10-13,15-18,20H,3,8-9,14,19,21H2,(H,32,37)(H,33,36). The zero-order chi connectivity index (χ0) is 27.2. The molecule has 8 heteroatoms. The fraction of sp³-hybridized carbons (Fsp3) is 0.200. The average Bonchev–Trinajstić information content (AvgIpc) is 2.94. The lowest BCUT2D eigenvalue weighted by Crippen LogP contribution is -2.35. The van der Waals surface area contributed by atoms with Crippen LogP contribution in [0.1, 0.15) is 52.0 Å². The topological polar surface area (TPSA) is 102 Å². The first kappa shape index (κ1) is 28.3. The summed E-state index contributed by atoms with van der Waals surface area (Å²) in [5.41, 5.74) is 1.79. The van der Waals surface area contributed by atoms with E-state index in [1.807, 2.05) is 36.4 Å². The van der Waals surface area contributed by atoms with Crippen molar-refractivity contribution in [3.8, 4) is 0 Å². The molecule has 0 spiro atoms. The highest BCUT2D eigenvalue weighted by molar-refractivity contribution is 6.30. The molecule has 0 aliphatic heterocycles. The maximum absolute atomic E-state index is 12.8. The summed E-state index contributed by atoms with van der Waals surface area (Å²) in [6, 6.07) is 24.3. The van der Waals surface area contributed by atoms with Crippen LogP contribution in [-0.4, -0.2) is 36.7 Å². The summed E-state index contributed by atoms with van der Waals surface area (Å²) in [5, 5.41) is 6.04. The third-order valence-electron chi connectivity index (χ3n) is 5.51. The van der Waals surface area contributed by atoms with Crippen molar-refractivity contribution in [3.63, 3.8) is 0 Å². The molecule has 2 amide bonds. The summed E-state index contributed by atoms with van der Waals surface area (Å²) in [5.74, 6) is -1.53. The predicted octanol–water partition coefficient (Wildman–Crippen LogP) is 5.21. The third-order valence-corrected chi connectivity index (χ3v) is 5.77. The molecule has 0 fully saturated rings. The van der Waals surface area contributed by atoms with Crippen LogP contribution in [0.3, 0.4) is 0 Å². The number of Topliss-reactive ketones (excluding diaryl/α,β-unsaturated/α-hetero) is 1. The number of halogens is 1. The Bertz CT molecular complexity index is 1260. The monoisotopic (exact) mass is 532 g/mol. The molecule has 0 saturated heterocycles. The number of nitrogens with one attached hydrogen (secondary N) is 2. The third kappa shape index (κ3) is 9.67. The minimum atomic E-state index is -0.451. The van der Waals surface area contributed by atoms with Gasteiger partial charge in [-0.15, -0.1) is 0 Å². The lowest BCUT2D eigenvalue weighted by molar-refractivity contribution is -0.142. The number of ether oxygens (including phenoxy) is 1. The van der Waals surface area contributed by atoms with Crippen LogP contribution in [0.4, 0.5) is 0 Å². The zero-order valence-electron chi connectivity index (χ0n) is 20.8. The summed E-state index contributed by atoms with van der Waals surface area (Å²) in [4.78, 5) is 49.5. The highest BCUT2D eigenvalue weighted by atomic mass is 35.5. The van der Waals surface area contributed by atoms with Crippen LogP contribution in [0, 0.1) is 0 Å². The van der Waals surface area contributed by atoms with Gasteiger partial charge in [-0.25, -0.2) is 0 Å². The first-order valence-corrected chi connectivity index (χ1v) is 12.7. The summed E-state index contributed by atoms with van der Waals surface area (Å²) in [6.07, 6.45) is 3.66. The minimum Gasteiger partial charge on any atom is -0.457 e. The summed E-state index contributed by atoms with van der Waals surface area (Å²) in [7, 11) is 0. The van der Waals surface area contributed by atoms with Gasteiger partial charge in [0.1, 0.15) is 5.70 Å². The van der Waals surface area contributed by atoms with Crippen molar-refractivity contribution in [1.29, 1.82) is 0 Å². The van der Waals surface area contributed by atoms with Gasteiger partial charge in [0.25, 0.3) is 11.8 Å². The largest absolute Gasteiger partial charge is 0.457 e. The molecule has 0 aliphatic rings. The summed E-state index contributed by atoms with van der Waals surface area (Å²) < 4.78 is 5.06. The lowest BCUT2D eigenvalue weighted by atomic mass is 10.1. The maximum atomic E-state index is 12.8. The molecule has 0 bridgehead atoms. The van der Waals surface area contributed by atoms with E-state index in [-0.39, 0.29) is 30.4 Å². The zero-order valence-corrected chi connectivity index (χ0v) is 21.6. The minimum absolute atomic E-state index is 0.138. The van der Waals surface area contributed by atoms with E-state index in [2.05, 4.69) is 10.6 Å². The van der Waals surface area contributed by atoms with E-state index >= 15 is 0 Å². The smallest absolute Gasteiger partial charge is 0.306 e. The van der Waals surface area contributed by atoms with Crippen LogP contribution < -0.4 is 10.6 Å². The van der Waals surface area contributed by atoms with Gasteiger partial charge in [-0.1, -0.05) is 66.6 Å². The van der Waals surface area contributed by atoms with Gasteiger partial charge in [0.05, 0.1) is 0 Å². The van der Waals surface area contributed by atoms with Crippen molar-refractivity contribution in [2.45, 2.75) is 25.7 Å². The normalized spacial score (nSPS) is 10.9. The maximum Gasteiger partial charge on any atom is 0.306 e. The Morgan fingerprint density at radius 1 is 0.763 bits per heavy atom. The molecule has 3 aromatic carbocycles. The molecule has 0 aromatic heterocycles. The Morgan fingerprint density at radius 3 is 2.11 bits per heavy atom. The number of carbonyl (C=O) groups is 4. The second kappa shape index (κ2) is 15.1. The van der Waals surface area contributed by atoms with Crippen molar-refractivity contribution in [2.75, 3.05) is 13.2 Å². The SMILES string of the molecule is O=C(CCCCCNC(=O)C(=Cc1ccccc1)NC(=O)c1ccccc1)OCC(=O)c1ccc(Cl)cc1. The Hall–Kier alpha value is -4.23. The van der Waals surface area contributed by atoms with Crippen molar-refractivity contribution < 1.29 is 23.9 Å². The first-order chi connectivity index (χ1) is 18.4. The number of amides is 2. The highest BCUT2D eigenvalue weighted by Crippen LogP contribution is 2.11. The second-order valence-electron chi connectivity index (χ2n) is 8.45. The van der Waals surface area contributed by atoms with E-state index in [4.69, 9.17) is 16.3 Å². The molecule has 0 saturated carbocycles. The van der Waals surface area contributed by atoms with E-state index in [9.17, 15) is 19.2 Å². The molecule has 2 N–H and O–H groups in total. The van der Waals surface area contributed by atoms with Crippen LogP contribution in [0.5, 0.6) is 0 Å². The lowest BCUT2D eigenvalue weighted by Gasteiger charge is -2.11. The number of rotatable bonds is 13. The number of ketones is 1. The number of unbranched alkanes of at least 4 members (excludes halogenated alkanes) is 2. The number of benzene rings is 3. The van der Waals surface area contributed by atoms with E-state index < -0.39 is 11.9 Å². The van der Waals surface area contributed by atoms with Crippen LogP contribution in [0.25, 0.3) is 6.08 Å². The van der Waals surface area contributed by atoms with Crippen LogP contribution in [0.15, 0.2) is 90.6 Å². The fourth-order valence-corrected chi connectivity index (χ4v) is 3.59. The Morgan fingerprint density at radius 2 is 1.42 bits per heavy atom. The number of esters is 1. The molecule has 0 heterocycles. The van der Waals surface area contributed by atoms with Gasteiger partial charge in [0.2, 0.25) is 0 Å². The van der Waals surface area contributed by atoms with Crippen molar-refractivity contribution in [2.24, 2.45) is 0 Å². The molecule has 0 unspecified atom stereocenters. The van der Waals surface area contributed by atoms with E-state index in [1.165, 1.54) is 0 Å². The van der Waals surface area contributed by atoms with Gasteiger partial charge in [0, 0.05) is 29.1 Å². The molecule has 3 aromatic rings. The van der Waals surface area contributed by atoms with E-state index in [0.29, 0.717) is 42.0 Å². The predicted molar refractivity (Wildman–Crippen MR) is 147 cm³/mol. The van der Waals surface area contributed by atoms with Crippen molar-refractivity contribution in [3.05, 3.63) is 112 Å². The van der Waals surface area contributed by atoms with Gasteiger partial charge in [-0.2, -0.15) is 0 Å². The molecule has 0 radical (unpaired) electrons. The summed E-state index contributed by atoms with van der Waals surface area (Å²) in [6.45, 7) is 0.0536. The molecular weight excluding hydrogens is 504 g/mol. The van der Waals surface area contributed by atoms with Gasteiger partial charge in [-0.05, 0) is 60.9 Å². The molecule has 7 nitrogen and oxygen atoms in total. The van der Waals surface area contributed by atoms with Crippen LogP contribution >= 0.6 is 11.6 Å². The Balaban J connectivity index is 1.40. The number of hydrogen-bond acceptors (Lipinski definition) is 5. The molecule has 38 heavy (non-hydrogen) atoms. The summed E-state index contributed by atoms with van der Waals surface area (Å²) >= 11 is 5.81. The fourth-order valence-electron chi connectivity index (χ4n) is 3.46. The van der Waals surface area contributed by atoms with Crippen molar-refractivity contribution in [1.82, 2.24) is 10.6 Å². The van der Waals surface area contributed by atoms with Gasteiger partial charge >= 0.3 is 5.97 Å². The quantitative estimate of drug-likeness (QED) is 0.136. The van der Waals surface area contributed by atoms with Crippen LogP contribution in [-0.2, 0) is 14.3 Å². The highest BCUT2D eigenvalue weighted by Gasteiger charge is 2.14. The molecular formula is C30H29ClN2O5. The number of carbonyl (C=O) groups excluding carboxylic acids is 4. The van der Waals surface area contributed by atoms with Gasteiger partial charge < -0.3 is 15.4 Å². The Kier molecular flexibility index (Phi) is 11.3. The van der Waals surface area contributed by atoms with Crippen molar-refractivity contribution >= 4 is 41.2 Å². The van der Waals surface area contributed by atoms with E-state index in [0.717, 1.165) is 5.56 Å².